The van der Waals surface area contributed by atoms with Crippen molar-refractivity contribution in [3.63, 3.8) is 0 Å². The van der Waals surface area contributed by atoms with Gasteiger partial charge in [0.1, 0.15) is 11.3 Å². The number of carboxylic acid groups (broad SMARTS) is 2. The van der Waals surface area contributed by atoms with Crippen molar-refractivity contribution in [2.45, 2.75) is 39.0 Å². The Kier molecular flexibility index (Phi) is 6.82. The van der Waals surface area contributed by atoms with Gasteiger partial charge in [0.2, 0.25) is 0 Å². The molecule has 21 heavy (non-hydrogen) atoms. The highest BCUT2D eigenvalue weighted by Gasteiger charge is 2.16. The highest BCUT2D eigenvalue weighted by molar-refractivity contribution is 6.16. The summed E-state index contributed by atoms with van der Waals surface area (Å²) in [6, 6.07) is 3.08. The average Bonchev–Trinajstić information content (AvgIpc) is 2.87. The number of rotatable bonds is 7. The zero-order valence-corrected chi connectivity index (χ0v) is 11.9. The van der Waals surface area contributed by atoms with Crippen LogP contribution < -0.4 is 0 Å². The number of unbranched alkanes of at least 4 members (excludes halogenated alkanes) is 4. The third-order valence-corrected chi connectivity index (χ3v) is 2.74. The lowest BCUT2D eigenvalue weighted by molar-refractivity contribution is -0.140. The molecule has 0 saturated carbocycles. The molecular weight excluding hydrogens is 272 g/mol. The zero-order chi connectivity index (χ0) is 15.7. The van der Waals surface area contributed by atoms with Gasteiger partial charge in [-0.15, -0.1) is 0 Å². The minimum absolute atomic E-state index is 0.157. The van der Waals surface area contributed by atoms with Crippen LogP contribution in [-0.2, 0) is 9.59 Å². The molecule has 0 spiro atoms. The summed E-state index contributed by atoms with van der Waals surface area (Å²) in [5.74, 6) is 3.34. The molecule has 0 aliphatic heterocycles. The van der Waals surface area contributed by atoms with Gasteiger partial charge in [0, 0.05) is 12.5 Å². The molecule has 0 saturated heterocycles. The van der Waals surface area contributed by atoms with Crippen LogP contribution in [0.1, 0.15) is 50.5 Å². The Morgan fingerprint density at radius 2 is 1.90 bits per heavy atom. The summed E-state index contributed by atoms with van der Waals surface area (Å²) < 4.78 is 5.27. The maximum atomic E-state index is 10.7. The van der Waals surface area contributed by atoms with Crippen molar-refractivity contribution >= 4 is 18.0 Å². The predicted molar refractivity (Wildman–Crippen MR) is 77.6 cm³/mol. The number of carbonyl (C=O) groups is 2. The second-order valence-electron chi connectivity index (χ2n) is 4.48. The molecule has 112 valence electrons. The van der Waals surface area contributed by atoms with Gasteiger partial charge in [-0.3, -0.25) is 0 Å². The highest BCUT2D eigenvalue weighted by Crippen LogP contribution is 2.12. The van der Waals surface area contributed by atoms with Gasteiger partial charge in [0.05, 0.1) is 0 Å². The van der Waals surface area contributed by atoms with Crippen molar-refractivity contribution in [3.05, 3.63) is 29.2 Å². The molecule has 0 aliphatic carbocycles. The smallest absolute Gasteiger partial charge is 0.343 e. The Balaban J connectivity index is 2.65. The molecule has 0 fully saturated rings. The minimum Gasteiger partial charge on any atom is -0.477 e. The summed E-state index contributed by atoms with van der Waals surface area (Å²) >= 11 is 0. The van der Waals surface area contributed by atoms with Crippen LogP contribution in [0, 0.1) is 11.8 Å². The highest BCUT2D eigenvalue weighted by atomic mass is 16.4. The van der Waals surface area contributed by atoms with Crippen LogP contribution >= 0.6 is 0 Å². The first kappa shape index (κ1) is 16.6. The molecule has 2 N–H and O–H groups in total. The molecule has 0 aliphatic rings. The number of hydrogen-bond acceptors (Lipinski definition) is 3. The van der Waals surface area contributed by atoms with Gasteiger partial charge in [0.25, 0.3) is 0 Å². The SMILES string of the molecule is CCCCCCC#Cc1ccc(C=C(C(=O)O)C(=O)O)o1. The van der Waals surface area contributed by atoms with Crippen molar-refractivity contribution in [3.8, 4) is 11.8 Å². The summed E-state index contributed by atoms with van der Waals surface area (Å²) in [7, 11) is 0. The second kappa shape index (κ2) is 8.64. The van der Waals surface area contributed by atoms with Crippen LogP contribution in [-0.4, -0.2) is 22.2 Å². The first-order chi connectivity index (χ1) is 10.0. The molecule has 0 atom stereocenters. The van der Waals surface area contributed by atoms with E-state index in [1.165, 1.54) is 18.9 Å². The zero-order valence-electron chi connectivity index (χ0n) is 11.9. The summed E-state index contributed by atoms with van der Waals surface area (Å²) in [6.07, 6.45) is 6.31. The lowest BCUT2D eigenvalue weighted by atomic mass is 10.1. The van der Waals surface area contributed by atoms with Crippen LogP contribution in [0.25, 0.3) is 6.08 Å². The normalized spacial score (nSPS) is 9.57. The molecule has 1 heterocycles. The van der Waals surface area contributed by atoms with Crippen LogP contribution in [0.3, 0.4) is 0 Å². The largest absolute Gasteiger partial charge is 0.477 e. The van der Waals surface area contributed by atoms with E-state index in [0.717, 1.165) is 25.3 Å². The first-order valence-electron chi connectivity index (χ1n) is 6.81. The van der Waals surface area contributed by atoms with E-state index in [1.807, 2.05) is 0 Å². The van der Waals surface area contributed by atoms with E-state index in [-0.39, 0.29) is 5.76 Å². The van der Waals surface area contributed by atoms with E-state index >= 15 is 0 Å². The first-order valence-corrected chi connectivity index (χ1v) is 6.81. The summed E-state index contributed by atoms with van der Waals surface area (Å²) in [6.45, 7) is 2.14. The number of aliphatic carboxylic acids is 2. The Morgan fingerprint density at radius 1 is 1.19 bits per heavy atom. The quantitative estimate of drug-likeness (QED) is 0.265. The predicted octanol–water partition coefficient (Wildman–Crippen LogP) is 3.15. The lowest BCUT2D eigenvalue weighted by Gasteiger charge is -1.93. The molecule has 0 bridgehead atoms. The third kappa shape index (κ3) is 6.00. The second-order valence-corrected chi connectivity index (χ2v) is 4.48. The van der Waals surface area contributed by atoms with Crippen LogP contribution in [0.2, 0.25) is 0 Å². The number of hydrogen-bond donors (Lipinski definition) is 2. The van der Waals surface area contributed by atoms with Gasteiger partial charge in [-0.2, -0.15) is 0 Å². The number of carboxylic acids is 2. The van der Waals surface area contributed by atoms with Gasteiger partial charge in [-0.1, -0.05) is 32.1 Å². The Bertz CT molecular complexity index is 567. The van der Waals surface area contributed by atoms with Gasteiger partial charge >= 0.3 is 11.9 Å². The molecule has 5 heteroatoms. The number of furan rings is 1. The van der Waals surface area contributed by atoms with Crippen molar-refractivity contribution in [1.82, 2.24) is 0 Å². The van der Waals surface area contributed by atoms with E-state index in [1.54, 1.807) is 6.07 Å². The van der Waals surface area contributed by atoms with E-state index in [9.17, 15) is 9.59 Å². The molecule has 0 amide bonds. The van der Waals surface area contributed by atoms with E-state index in [2.05, 4.69) is 18.8 Å². The summed E-state index contributed by atoms with van der Waals surface area (Å²) in [5, 5.41) is 17.5. The maximum Gasteiger partial charge on any atom is 0.343 e. The van der Waals surface area contributed by atoms with Gasteiger partial charge in [0.15, 0.2) is 5.76 Å². The maximum absolute atomic E-state index is 10.7. The Hall–Kier alpha value is -2.48. The molecule has 5 nitrogen and oxygen atoms in total. The van der Waals surface area contributed by atoms with Crippen molar-refractivity contribution in [1.29, 1.82) is 0 Å². The van der Waals surface area contributed by atoms with Gasteiger partial charge < -0.3 is 14.6 Å². The minimum atomic E-state index is -1.51. The van der Waals surface area contributed by atoms with E-state index in [0.29, 0.717) is 5.76 Å². The fourth-order valence-corrected chi connectivity index (χ4v) is 1.64. The summed E-state index contributed by atoms with van der Waals surface area (Å²) in [5.41, 5.74) is -0.747. The van der Waals surface area contributed by atoms with Crippen molar-refractivity contribution < 1.29 is 24.2 Å². The monoisotopic (exact) mass is 290 g/mol. The lowest BCUT2D eigenvalue weighted by Crippen LogP contribution is -2.10. The molecule has 0 aromatic carbocycles. The molecular formula is C16H18O5. The van der Waals surface area contributed by atoms with Crippen LogP contribution in [0.15, 0.2) is 22.1 Å². The standard InChI is InChI=1S/C16H18O5/c1-2-3-4-5-6-7-8-12-9-10-13(21-12)11-14(15(17)18)16(19)20/h9-11H,2-6H2,1H3,(H,17,18)(H,19,20). The van der Waals surface area contributed by atoms with E-state index < -0.39 is 17.5 Å². The molecule has 0 unspecified atom stereocenters. The average molecular weight is 290 g/mol. The molecule has 1 aromatic rings. The van der Waals surface area contributed by atoms with E-state index in [4.69, 9.17) is 14.6 Å². The summed E-state index contributed by atoms with van der Waals surface area (Å²) in [4.78, 5) is 21.5. The van der Waals surface area contributed by atoms with Gasteiger partial charge in [-0.25, -0.2) is 9.59 Å². The van der Waals surface area contributed by atoms with Crippen molar-refractivity contribution in [2.24, 2.45) is 0 Å². The molecule has 1 rings (SSSR count). The fraction of sp³-hybridized carbons (Fsp3) is 0.375. The van der Waals surface area contributed by atoms with Gasteiger partial charge in [-0.05, 0) is 24.5 Å². The van der Waals surface area contributed by atoms with Crippen LogP contribution in [0.5, 0.6) is 0 Å². The third-order valence-electron chi connectivity index (χ3n) is 2.74. The molecule has 0 radical (unpaired) electrons. The Morgan fingerprint density at radius 3 is 2.52 bits per heavy atom. The molecule has 1 aromatic heterocycles. The topological polar surface area (TPSA) is 87.7 Å². The Labute approximate surface area is 123 Å². The van der Waals surface area contributed by atoms with Crippen molar-refractivity contribution in [2.75, 3.05) is 0 Å². The van der Waals surface area contributed by atoms with Crippen LogP contribution in [0.4, 0.5) is 0 Å². The fourth-order valence-electron chi connectivity index (χ4n) is 1.64.